The van der Waals surface area contributed by atoms with Gasteiger partial charge in [-0.15, -0.1) is 15.3 Å². The van der Waals surface area contributed by atoms with Gasteiger partial charge < -0.3 is 9.80 Å². The number of aryl methyl sites for hydroxylation is 1. The van der Waals surface area contributed by atoms with Gasteiger partial charge >= 0.3 is 0 Å². The number of fused-ring (bicyclic) bond motifs is 1. The topological polar surface area (TPSA) is 66.6 Å². The zero-order chi connectivity index (χ0) is 17.9. The molecule has 3 heterocycles. The Bertz CT molecular complexity index is 913. The number of piperazine rings is 1. The Morgan fingerprint density at radius 1 is 1.08 bits per heavy atom. The van der Waals surface area contributed by atoms with Crippen LogP contribution in [0.15, 0.2) is 42.7 Å². The summed E-state index contributed by atoms with van der Waals surface area (Å²) in [6.45, 7) is 5.12. The normalized spacial score (nSPS) is 14.8. The van der Waals surface area contributed by atoms with Crippen molar-refractivity contribution in [2.24, 2.45) is 0 Å². The first-order valence-corrected chi connectivity index (χ1v) is 9.00. The molecule has 4 rings (SSSR count). The molecular weight excluding hydrogens is 328 g/mol. The van der Waals surface area contributed by atoms with Crippen LogP contribution in [-0.2, 0) is 17.6 Å². The quantitative estimate of drug-likeness (QED) is 0.715. The summed E-state index contributed by atoms with van der Waals surface area (Å²) in [5.41, 5.74) is 3.10. The SMILES string of the molecule is CCc1cccc(CC(=O)N2CCN(c3ccc4nncn4n3)CC2)c1. The molecule has 0 atom stereocenters. The predicted octanol–water partition coefficient (Wildman–Crippen LogP) is 1.58. The molecule has 26 heavy (non-hydrogen) atoms. The molecule has 7 nitrogen and oxygen atoms in total. The van der Waals surface area contributed by atoms with Crippen LogP contribution in [0.5, 0.6) is 0 Å². The molecule has 0 saturated carbocycles. The highest BCUT2D eigenvalue weighted by molar-refractivity contribution is 5.79. The number of hydrogen-bond acceptors (Lipinski definition) is 5. The fourth-order valence-corrected chi connectivity index (χ4v) is 3.32. The van der Waals surface area contributed by atoms with Gasteiger partial charge in [0.1, 0.15) is 12.1 Å². The molecule has 134 valence electrons. The van der Waals surface area contributed by atoms with Crippen molar-refractivity contribution in [1.82, 2.24) is 24.7 Å². The molecule has 1 amide bonds. The van der Waals surface area contributed by atoms with Crippen LogP contribution in [0.3, 0.4) is 0 Å². The smallest absolute Gasteiger partial charge is 0.227 e. The Kier molecular flexibility index (Phi) is 4.51. The third kappa shape index (κ3) is 3.37. The van der Waals surface area contributed by atoms with E-state index in [4.69, 9.17) is 0 Å². The third-order valence-electron chi connectivity index (χ3n) is 4.86. The summed E-state index contributed by atoms with van der Waals surface area (Å²) < 4.78 is 1.67. The van der Waals surface area contributed by atoms with Gasteiger partial charge in [-0.25, -0.2) is 0 Å². The van der Waals surface area contributed by atoms with E-state index in [1.54, 1.807) is 10.8 Å². The molecule has 3 aromatic rings. The highest BCUT2D eigenvalue weighted by Gasteiger charge is 2.22. The molecular formula is C19H22N6O. The second-order valence-electron chi connectivity index (χ2n) is 6.54. The zero-order valence-electron chi connectivity index (χ0n) is 14.9. The van der Waals surface area contributed by atoms with Crippen LogP contribution in [0.1, 0.15) is 18.1 Å². The van der Waals surface area contributed by atoms with E-state index in [2.05, 4.69) is 39.3 Å². The Hall–Kier alpha value is -2.96. The number of rotatable bonds is 4. The predicted molar refractivity (Wildman–Crippen MR) is 99.1 cm³/mol. The summed E-state index contributed by atoms with van der Waals surface area (Å²) in [4.78, 5) is 16.8. The zero-order valence-corrected chi connectivity index (χ0v) is 14.9. The van der Waals surface area contributed by atoms with Crippen LogP contribution in [0.25, 0.3) is 5.65 Å². The number of benzene rings is 1. The summed E-state index contributed by atoms with van der Waals surface area (Å²) in [6.07, 6.45) is 3.06. The molecule has 1 aliphatic rings. The third-order valence-corrected chi connectivity index (χ3v) is 4.86. The number of anilines is 1. The van der Waals surface area contributed by atoms with E-state index in [1.165, 1.54) is 5.56 Å². The van der Waals surface area contributed by atoms with Gasteiger partial charge in [0.2, 0.25) is 5.91 Å². The van der Waals surface area contributed by atoms with Gasteiger partial charge in [0.15, 0.2) is 5.65 Å². The highest BCUT2D eigenvalue weighted by atomic mass is 16.2. The Labute approximate surface area is 152 Å². The van der Waals surface area contributed by atoms with Gasteiger partial charge in [0.25, 0.3) is 0 Å². The van der Waals surface area contributed by atoms with Crippen molar-refractivity contribution >= 4 is 17.4 Å². The van der Waals surface area contributed by atoms with E-state index in [0.717, 1.165) is 36.5 Å². The molecule has 1 saturated heterocycles. The maximum atomic E-state index is 12.6. The van der Waals surface area contributed by atoms with E-state index >= 15 is 0 Å². The van der Waals surface area contributed by atoms with E-state index in [9.17, 15) is 4.79 Å². The van der Waals surface area contributed by atoms with Crippen molar-refractivity contribution in [3.8, 4) is 0 Å². The summed E-state index contributed by atoms with van der Waals surface area (Å²) in [7, 11) is 0. The lowest BCUT2D eigenvalue weighted by atomic mass is 10.1. The van der Waals surface area contributed by atoms with Crippen molar-refractivity contribution in [2.45, 2.75) is 19.8 Å². The molecule has 2 aromatic heterocycles. The number of amides is 1. The van der Waals surface area contributed by atoms with Crippen molar-refractivity contribution in [3.05, 3.63) is 53.9 Å². The standard InChI is InChI=1S/C19H22N6O/c1-2-15-4-3-5-16(12-15)13-19(26)24-10-8-23(9-11-24)18-7-6-17-21-20-14-25(17)22-18/h3-7,12,14H,2,8-11,13H2,1H3. The van der Waals surface area contributed by atoms with Crippen LogP contribution >= 0.6 is 0 Å². The van der Waals surface area contributed by atoms with E-state index < -0.39 is 0 Å². The summed E-state index contributed by atoms with van der Waals surface area (Å²) >= 11 is 0. The molecule has 1 fully saturated rings. The maximum Gasteiger partial charge on any atom is 0.227 e. The number of carbonyl (C=O) groups excluding carboxylic acids is 1. The highest BCUT2D eigenvalue weighted by Crippen LogP contribution is 2.15. The van der Waals surface area contributed by atoms with Gasteiger partial charge in [-0.1, -0.05) is 31.2 Å². The van der Waals surface area contributed by atoms with Crippen LogP contribution in [0.4, 0.5) is 5.82 Å². The van der Waals surface area contributed by atoms with Crippen molar-refractivity contribution < 1.29 is 4.79 Å². The summed E-state index contributed by atoms with van der Waals surface area (Å²) in [5.74, 6) is 1.08. The van der Waals surface area contributed by atoms with Crippen LogP contribution < -0.4 is 4.90 Å². The Morgan fingerprint density at radius 2 is 1.88 bits per heavy atom. The molecule has 0 unspecified atom stereocenters. The average molecular weight is 350 g/mol. The first-order chi connectivity index (χ1) is 12.7. The first-order valence-electron chi connectivity index (χ1n) is 9.00. The molecule has 0 aliphatic carbocycles. The molecule has 7 heteroatoms. The van der Waals surface area contributed by atoms with Gasteiger partial charge in [-0.05, 0) is 29.7 Å². The van der Waals surface area contributed by atoms with Crippen LogP contribution in [0.2, 0.25) is 0 Å². The van der Waals surface area contributed by atoms with E-state index in [0.29, 0.717) is 19.5 Å². The van der Waals surface area contributed by atoms with Crippen LogP contribution in [0, 0.1) is 0 Å². The largest absolute Gasteiger partial charge is 0.352 e. The number of carbonyl (C=O) groups is 1. The van der Waals surface area contributed by atoms with Crippen LogP contribution in [-0.4, -0.2) is 56.8 Å². The second-order valence-corrected chi connectivity index (χ2v) is 6.54. The van der Waals surface area contributed by atoms with Gasteiger partial charge in [-0.3, -0.25) is 4.79 Å². The van der Waals surface area contributed by atoms with Crippen molar-refractivity contribution in [3.63, 3.8) is 0 Å². The summed E-state index contributed by atoms with van der Waals surface area (Å²) in [6, 6.07) is 12.2. The molecule has 0 radical (unpaired) electrons. The van der Waals surface area contributed by atoms with Gasteiger partial charge in [-0.2, -0.15) is 4.52 Å². The fraction of sp³-hybridized carbons (Fsp3) is 0.368. The number of hydrogen-bond donors (Lipinski definition) is 0. The van der Waals surface area contributed by atoms with Gasteiger partial charge in [0.05, 0.1) is 6.42 Å². The molecule has 1 aromatic carbocycles. The van der Waals surface area contributed by atoms with Crippen molar-refractivity contribution in [2.75, 3.05) is 31.1 Å². The Morgan fingerprint density at radius 3 is 2.69 bits per heavy atom. The lowest BCUT2D eigenvalue weighted by molar-refractivity contribution is -0.130. The molecule has 0 N–H and O–H groups in total. The minimum absolute atomic E-state index is 0.195. The minimum Gasteiger partial charge on any atom is -0.352 e. The maximum absolute atomic E-state index is 12.6. The number of aromatic nitrogens is 4. The fourth-order valence-electron chi connectivity index (χ4n) is 3.32. The Balaban J connectivity index is 1.37. The summed E-state index contributed by atoms with van der Waals surface area (Å²) in [5, 5.41) is 12.4. The van der Waals surface area contributed by atoms with Crippen molar-refractivity contribution in [1.29, 1.82) is 0 Å². The number of nitrogens with zero attached hydrogens (tertiary/aromatic N) is 6. The average Bonchev–Trinajstić information content (AvgIpc) is 3.16. The molecule has 0 bridgehead atoms. The molecule has 1 aliphatic heterocycles. The van der Waals surface area contributed by atoms with E-state index in [1.807, 2.05) is 29.2 Å². The lowest BCUT2D eigenvalue weighted by Crippen LogP contribution is -2.49. The van der Waals surface area contributed by atoms with Gasteiger partial charge in [0, 0.05) is 26.2 Å². The lowest BCUT2D eigenvalue weighted by Gasteiger charge is -2.35. The second kappa shape index (κ2) is 7.11. The minimum atomic E-state index is 0.195. The van der Waals surface area contributed by atoms with E-state index in [-0.39, 0.29) is 5.91 Å². The first kappa shape index (κ1) is 16.5. The molecule has 0 spiro atoms. The monoisotopic (exact) mass is 350 g/mol.